The molecule has 0 aromatic carbocycles. The molecule has 31 heavy (non-hydrogen) atoms. The highest BCUT2D eigenvalue weighted by Crippen LogP contribution is 2.32. The normalized spacial score (nSPS) is 15.5. The summed E-state index contributed by atoms with van der Waals surface area (Å²) in [6.45, 7) is 7.05. The summed E-state index contributed by atoms with van der Waals surface area (Å²) in [7, 11) is 0. The topological polar surface area (TPSA) is 52.6 Å². The Morgan fingerprint density at radius 3 is 1.61 bits per heavy atom. The van der Waals surface area contributed by atoms with Crippen molar-refractivity contribution in [3.63, 3.8) is 0 Å². The third-order valence-electron chi connectivity index (χ3n) is 6.41. The Morgan fingerprint density at radius 2 is 1.10 bits per heavy atom. The number of unbranched alkanes of at least 4 members (excludes halogenated alkanes) is 10. The standard InChI is InChI=1S/C27H48O4/c1-4-6-8-10-12-17-21-30-26(28)23(3)25(24-19-15-14-16-20-24)27(29)31-22-18-13-11-9-7-5-2/h24H,4-22H2,1-3H3. The van der Waals surface area contributed by atoms with E-state index in [1.807, 2.05) is 0 Å². The first-order valence-corrected chi connectivity index (χ1v) is 13.2. The number of rotatable bonds is 17. The van der Waals surface area contributed by atoms with Crippen LogP contribution in [0.1, 0.15) is 130 Å². The first kappa shape index (κ1) is 27.7. The molecule has 0 aromatic heterocycles. The van der Waals surface area contributed by atoms with Crippen LogP contribution >= 0.6 is 0 Å². The lowest BCUT2D eigenvalue weighted by molar-refractivity contribution is -0.143. The third-order valence-corrected chi connectivity index (χ3v) is 6.41. The highest BCUT2D eigenvalue weighted by Gasteiger charge is 2.29. The molecule has 180 valence electrons. The minimum absolute atomic E-state index is 0.132. The maximum absolute atomic E-state index is 12.9. The molecule has 1 saturated carbocycles. The molecule has 0 saturated heterocycles. The van der Waals surface area contributed by atoms with Gasteiger partial charge in [-0.1, -0.05) is 97.3 Å². The molecule has 4 heteroatoms. The number of hydrogen-bond acceptors (Lipinski definition) is 4. The fourth-order valence-electron chi connectivity index (χ4n) is 4.41. The van der Waals surface area contributed by atoms with Crippen molar-refractivity contribution >= 4 is 11.9 Å². The molecule has 1 rings (SSSR count). The lowest BCUT2D eigenvalue weighted by atomic mass is 9.82. The Labute approximate surface area is 191 Å². The Hall–Kier alpha value is -1.32. The first-order chi connectivity index (χ1) is 15.1. The summed E-state index contributed by atoms with van der Waals surface area (Å²) in [6, 6.07) is 0. The number of hydrogen-bond donors (Lipinski definition) is 0. The van der Waals surface area contributed by atoms with Gasteiger partial charge in [0.2, 0.25) is 0 Å². The van der Waals surface area contributed by atoms with Crippen molar-refractivity contribution < 1.29 is 19.1 Å². The first-order valence-electron chi connectivity index (χ1n) is 13.2. The second-order valence-electron chi connectivity index (χ2n) is 9.18. The average molecular weight is 437 g/mol. The zero-order chi connectivity index (χ0) is 22.7. The van der Waals surface area contributed by atoms with Crippen LogP contribution in [-0.2, 0) is 19.1 Å². The Morgan fingerprint density at radius 1 is 0.645 bits per heavy atom. The molecule has 0 aromatic rings. The van der Waals surface area contributed by atoms with E-state index in [4.69, 9.17) is 9.47 Å². The molecule has 1 fully saturated rings. The molecule has 1 aliphatic carbocycles. The molecule has 0 N–H and O–H groups in total. The van der Waals surface area contributed by atoms with E-state index in [-0.39, 0.29) is 17.9 Å². The van der Waals surface area contributed by atoms with Crippen LogP contribution in [0.25, 0.3) is 0 Å². The number of ether oxygens (including phenoxy) is 2. The SMILES string of the molecule is CCCCCCCCOC(=O)C(C)=C(C(=O)OCCCCCCCC)C1CCCCC1. The van der Waals surface area contributed by atoms with Crippen LogP contribution in [0.4, 0.5) is 0 Å². The largest absolute Gasteiger partial charge is 0.462 e. The summed E-state index contributed by atoms with van der Waals surface area (Å²) in [5.41, 5.74) is 1.05. The molecular weight excluding hydrogens is 388 g/mol. The smallest absolute Gasteiger partial charge is 0.334 e. The van der Waals surface area contributed by atoms with Crippen LogP contribution in [0.3, 0.4) is 0 Å². The van der Waals surface area contributed by atoms with Crippen LogP contribution in [-0.4, -0.2) is 25.2 Å². The predicted octanol–water partition coefficient (Wildman–Crippen LogP) is 7.69. The zero-order valence-corrected chi connectivity index (χ0v) is 20.6. The van der Waals surface area contributed by atoms with E-state index >= 15 is 0 Å². The van der Waals surface area contributed by atoms with Crippen molar-refractivity contribution in [2.75, 3.05) is 13.2 Å². The summed E-state index contributed by atoms with van der Waals surface area (Å²) in [4.78, 5) is 25.6. The van der Waals surface area contributed by atoms with Gasteiger partial charge in [-0.3, -0.25) is 0 Å². The molecule has 0 aliphatic heterocycles. The molecule has 0 heterocycles. The van der Waals surface area contributed by atoms with Crippen molar-refractivity contribution in [2.24, 2.45) is 5.92 Å². The molecule has 0 atom stereocenters. The second-order valence-corrected chi connectivity index (χ2v) is 9.18. The van der Waals surface area contributed by atoms with Crippen LogP contribution in [0.2, 0.25) is 0 Å². The number of carbonyl (C=O) groups is 2. The van der Waals surface area contributed by atoms with Crippen molar-refractivity contribution in [3.8, 4) is 0 Å². The molecule has 1 aliphatic rings. The summed E-state index contributed by atoms with van der Waals surface area (Å²) < 4.78 is 11.1. The van der Waals surface area contributed by atoms with E-state index in [1.165, 1.54) is 57.8 Å². The summed E-state index contributed by atoms with van der Waals surface area (Å²) in [5, 5.41) is 0. The lowest BCUT2D eigenvalue weighted by Gasteiger charge is -2.25. The van der Waals surface area contributed by atoms with Gasteiger partial charge in [0.15, 0.2) is 0 Å². The van der Waals surface area contributed by atoms with Gasteiger partial charge >= 0.3 is 11.9 Å². The quantitative estimate of drug-likeness (QED) is 0.133. The highest BCUT2D eigenvalue weighted by molar-refractivity contribution is 6.00. The zero-order valence-electron chi connectivity index (χ0n) is 20.6. The molecule has 0 radical (unpaired) electrons. The maximum atomic E-state index is 12.9. The Balaban J connectivity index is 2.54. The van der Waals surface area contributed by atoms with Crippen LogP contribution in [0.15, 0.2) is 11.1 Å². The van der Waals surface area contributed by atoms with Gasteiger partial charge in [0.05, 0.1) is 18.8 Å². The van der Waals surface area contributed by atoms with E-state index < -0.39 is 0 Å². The number of esters is 2. The van der Waals surface area contributed by atoms with Gasteiger partial charge in [-0.15, -0.1) is 0 Å². The highest BCUT2D eigenvalue weighted by atomic mass is 16.5. The Kier molecular flexibility index (Phi) is 16.3. The van der Waals surface area contributed by atoms with Gasteiger partial charge < -0.3 is 9.47 Å². The summed E-state index contributed by atoms with van der Waals surface area (Å²) >= 11 is 0. The van der Waals surface area contributed by atoms with Gasteiger partial charge in [0.25, 0.3) is 0 Å². The minimum atomic E-state index is -0.342. The number of carbonyl (C=O) groups excluding carboxylic acids is 2. The van der Waals surface area contributed by atoms with Gasteiger partial charge in [0.1, 0.15) is 0 Å². The molecule has 0 amide bonds. The van der Waals surface area contributed by atoms with Crippen molar-refractivity contribution in [3.05, 3.63) is 11.1 Å². The van der Waals surface area contributed by atoms with Crippen molar-refractivity contribution in [1.29, 1.82) is 0 Å². The van der Waals surface area contributed by atoms with E-state index in [2.05, 4.69) is 13.8 Å². The van der Waals surface area contributed by atoms with Crippen molar-refractivity contribution in [1.82, 2.24) is 0 Å². The van der Waals surface area contributed by atoms with Gasteiger partial charge in [-0.2, -0.15) is 0 Å². The monoisotopic (exact) mass is 436 g/mol. The van der Waals surface area contributed by atoms with Crippen molar-refractivity contribution in [2.45, 2.75) is 130 Å². The van der Waals surface area contributed by atoms with E-state index in [0.717, 1.165) is 51.4 Å². The predicted molar refractivity (Wildman–Crippen MR) is 128 cm³/mol. The van der Waals surface area contributed by atoms with E-state index in [1.54, 1.807) is 6.92 Å². The summed E-state index contributed by atoms with van der Waals surface area (Å²) in [6.07, 6.45) is 19.2. The van der Waals surface area contributed by atoms with Crippen LogP contribution in [0, 0.1) is 5.92 Å². The van der Waals surface area contributed by atoms with Gasteiger partial charge in [0, 0.05) is 5.57 Å². The lowest BCUT2D eigenvalue weighted by Crippen LogP contribution is -2.23. The fraction of sp³-hybridized carbons (Fsp3) is 0.852. The summed E-state index contributed by atoms with van der Waals surface area (Å²) in [5.74, 6) is -0.507. The Bertz CT molecular complexity index is 517. The van der Waals surface area contributed by atoms with Gasteiger partial charge in [-0.25, -0.2) is 9.59 Å². The second kappa shape index (κ2) is 18.3. The van der Waals surface area contributed by atoms with Crippen LogP contribution < -0.4 is 0 Å². The third kappa shape index (κ3) is 12.3. The molecule has 4 nitrogen and oxygen atoms in total. The van der Waals surface area contributed by atoms with E-state index in [9.17, 15) is 9.59 Å². The fourth-order valence-corrected chi connectivity index (χ4v) is 4.41. The van der Waals surface area contributed by atoms with Crippen LogP contribution in [0.5, 0.6) is 0 Å². The molecule has 0 spiro atoms. The van der Waals surface area contributed by atoms with E-state index in [0.29, 0.717) is 24.4 Å². The molecule has 0 bridgehead atoms. The maximum Gasteiger partial charge on any atom is 0.334 e. The minimum Gasteiger partial charge on any atom is -0.462 e. The molecular formula is C27H48O4. The average Bonchev–Trinajstić information content (AvgIpc) is 2.78. The van der Waals surface area contributed by atoms with Gasteiger partial charge in [-0.05, 0) is 38.5 Å². The molecule has 0 unspecified atom stereocenters.